The number of amides is 2. The third-order valence-corrected chi connectivity index (χ3v) is 3.12. The lowest BCUT2D eigenvalue weighted by atomic mass is 10.1. The van der Waals surface area contributed by atoms with Crippen LogP contribution in [0.25, 0.3) is 0 Å². The summed E-state index contributed by atoms with van der Waals surface area (Å²) >= 11 is 0. The normalized spacial score (nSPS) is 14.9. The van der Waals surface area contributed by atoms with Crippen LogP contribution in [0, 0.1) is 11.6 Å². The number of nitrogens with one attached hydrogen (secondary N) is 1. The van der Waals surface area contributed by atoms with E-state index in [0.717, 1.165) is 17.0 Å². The Hall–Kier alpha value is -2.48. The van der Waals surface area contributed by atoms with E-state index in [1.807, 2.05) is 0 Å². The third kappa shape index (κ3) is 3.06. The fourth-order valence-electron chi connectivity index (χ4n) is 2.04. The summed E-state index contributed by atoms with van der Waals surface area (Å²) in [6.45, 7) is -0.121. The molecule has 6 nitrogen and oxygen atoms in total. The molecule has 0 atom stereocenters. The maximum absolute atomic E-state index is 13.3. The van der Waals surface area contributed by atoms with Crippen LogP contribution in [-0.2, 0) is 14.3 Å². The summed E-state index contributed by atoms with van der Waals surface area (Å²) in [5.74, 6) is -2.75. The fraction of sp³-hybridized carbons (Fsp3) is 0.286. The van der Waals surface area contributed by atoms with Crippen LogP contribution in [0.1, 0.15) is 0 Å². The number of urea groups is 1. The number of esters is 1. The number of rotatable bonds is 4. The second-order valence-corrected chi connectivity index (χ2v) is 4.50. The summed E-state index contributed by atoms with van der Waals surface area (Å²) in [5.41, 5.74) is 0.570. The second kappa shape index (κ2) is 6.52. The van der Waals surface area contributed by atoms with Crippen molar-refractivity contribution in [3.8, 4) is 0 Å². The maximum Gasteiger partial charge on any atom is 0.337 e. The molecule has 1 aliphatic rings. The molecule has 0 radical (unpaired) electrons. The van der Waals surface area contributed by atoms with Crippen molar-refractivity contribution in [2.45, 2.75) is 0 Å². The van der Waals surface area contributed by atoms with Crippen LogP contribution >= 0.6 is 0 Å². The van der Waals surface area contributed by atoms with Gasteiger partial charge in [-0.15, -0.1) is 0 Å². The van der Waals surface area contributed by atoms with E-state index in [4.69, 9.17) is 4.74 Å². The van der Waals surface area contributed by atoms with Gasteiger partial charge in [-0.2, -0.15) is 0 Å². The molecule has 0 bridgehead atoms. The number of benzene rings is 1. The topological polar surface area (TPSA) is 67.9 Å². The van der Waals surface area contributed by atoms with Gasteiger partial charge in [-0.1, -0.05) is 0 Å². The van der Waals surface area contributed by atoms with Crippen molar-refractivity contribution in [3.05, 3.63) is 41.1 Å². The molecule has 118 valence electrons. The summed E-state index contributed by atoms with van der Waals surface area (Å²) in [7, 11) is 2.62. The number of anilines is 1. The summed E-state index contributed by atoms with van der Waals surface area (Å²) in [5, 5.41) is 2.49. The summed E-state index contributed by atoms with van der Waals surface area (Å²) in [4.78, 5) is 25.0. The quantitative estimate of drug-likeness (QED) is 0.857. The molecule has 0 saturated carbocycles. The van der Waals surface area contributed by atoms with Crippen LogP contribution in [0.15, 0.2) is 29.5 Å². The average Bonchev–Trinajstić information content (AvgIpc) is 2.50. The fourth-order valence-corrected chi connectivity index (χ4v) is 2.04. The average molecular weight is 312 g/mol. The van der Waals surface area contributed by atoms with Crippen LogP contribution in [0.5, 0.6) is 0 Å². The zero-order chi connectivity index (χ0) is 16.3. The Labute approximate surface area is 125 Å². The Balaban J connectivity index is 2.37. The molecule has 0 spiro atoms. The van der Waals surface area contributed by atoms with Gasteiger partial charge in [0.2, 0.25) is 0 Å². The SMILES string of the molecule is COCC1=C(C(=O)OC)CN(c2ccc(F)c(F)c2)C(=O)N1. The van der Waals surface area contributed by atoms with Crippen molar-refractivity contribution < 1.29 is 27.8 Å². The van der Waals surface area contributed by atoms with Crippen LogP contribution in [0.2, 0.25) is 0 Å². The van der Waals surface area contributed by atoms with E-state index in [-0.39, 0.29) is 30.1 Å². The van der Waals surface area contributed by atoms with E-state index in [2.05, 4.69) is 10.1 Å². The van der Waals surface area contributed by atoms with Gasteiger partial charge in [0, 0.05) is 18.9 Å². The number of hydrogen-bond acceptors (Lipinski definition) is 4. The number of carbonyl (C=O) groups excluding carboxylic acids is 2. The van der Waals surface area contributed by atoms with Gasteiger partial charge in [0.25, 0.3) is 0 Å². The molecule has 0 fully saturated rings. The highest BCUT2D eigenvalue weighted by Gasteiger charge is 2.30. The van der Waals surface area contributed by atoms with Crippen LogP contribution in [0.4, 0.5) is 19.3 Å². The maximum atomic E-state index is 13.3. The van der Waals surface area contributed by atoms with Crippen molar-refractivity contribution in [3.63, 3.8) is 0 Å². The lowest BCUT2D eigenvalue weighted by Gasteiger charge is -2.30. The number of ether oxygens (including phenoxy) is 2. The lowest BCUT2D eigenvalue weighted by Crippen LogP contribution is -2.48. The van der Waals surface area contributed by atoms with Crippen LogP contribution in [-0.4, -0.2) is 39.4 Å². The Morgan fingerprint density at radius 3 is 2.64 bits per heavy atom. The first-order chi connectivity index (χ1) is 10.5. The summed E-state index contributed by atoms with van der Waals surface area (Å²) in [6, 6.07) is 2.45. The highest BCUT2D eigenvalue weighted by atomic mass is 19.2. The number of hydrogen-bond donors (Lipinski definition) is 1. The third-order valence-electron chi connectivity index (χ3n) is 3.12. The first-order valence-corrected chi connectivity index (χ1v) is 6.30. The van der Waals surface area contributed by atoms with Crippen molar-refractivity contribution in [1.82, 2.24) is 5.32 Å². The van der Waals surface area contributed by atoms with Gasteiger partial charge in [-0.25, -0.2) is 18.4 Å². The van der Waals surface area contributed by atoms with Gasteiger partial charge >= 0.3 is 12.0 Å². The van der Waals surface area contributed by atoms with Gasteiger partial charge < -0.3 is 14.8 Å². The van der Waals surface area contributed by atoms with Gasteiger partial charge in [0.05, 0.1) is 31.5 Å². The number of nitrogens with zero attached hydrogens (tertiary/aromatic N) is 1. The Bertz CT molecular complexity index is 646. The molecule has 1 N–H and O–H groups in total. The first-order valence-electron chi connectivity index (χ1n) is 6.30. The van der Waals surface area contributed by atoms with Crippen molar-refractivity contribution in [1.29, 1.82) is 0 Å². The molecule has 1 aliphatic heterocycles. The molecule has 1 heterocycles. The van der Waals surface area contributed by atoms with E-state index in [1.54, 1.807) is 0 Å². The molecule has 1 aromatic rings. The zero-order valence-electron chi connectivity index (χ0n) is 12.0. The Kier molecular flexibility index (Phi) is 4.71. The zero-order valence-corrected chi connectivity index (χ0v) is 12.0. The van der Waals surface area contributed by atoms with Gasteiger partial charge in [0.15, 0.2) is 11.6 Å². The molecule has 0 saturated heterocycles. The minimum Gasteiger partial charge on any atom is -0.466 e. The largest absolute Gasteiger partial charge is 0.466 e. The highest BCUT2D eigenvalue weighted by Crippen LogP contribution is 2.23. The number of carbonyl (C=O) groups is 2. The Morgan fingerprint density at radius 1 is 1.32 bits per heavy atom. The van der Waals surface area contributed by atoms with E-state index >= 15 is 0 Å². The summed E-state index contributed by atoms with van der Waals surface area (Å²) in [6.07, 6.45) is 0. The smallest absolute Gasteiger partial charge is 0.337 e. The highest BCUT2D eigenvalue weighted by molar-refractivity contribution is 6.01. The molecular formula is C14H14F2N2O4. The van der Waals surface area contributed by atoms with Gasteiger partial charge in [-0.3, -0.25) is 4.90 Å². The molecule has 0 aliphatic carbocycles. The van der Waals surface area contributed by atoms with E-state index in [1.165, 1.54) is 20.3 Å². The molecule has 22 heavy (non-hydrogen) atoms. The van der Waals surface area contributed by atoms with Crippen molar-refractivity contribution >= 4 is 17.7 Å². The standard InChI is InChI=1S/C14H14F2N2O4/c1-21-7-12-9(13(19)22-2)6-18(14(20)17-12)8-3-4-10(15)11(16)5-8/h3-5H,6-7H2,1-2H3,(H,17,20). The molecular weight excluding hydrogens is 298 g/mol. The predicted molar refractivity (Wildman–Crippen MR) is 73.2 cm³/mol. The van der Waals surface area contributed by atoms with Gasteiger partial charge in [-0.05, 0) is 12.1 Å². The first kappa shape index (κ1) is 15.9. The molecule has 1 aromatic carbocycles. The lowest BCUT2D eigenvalue weighted by molar-refractivity contribution is -0.136. The van der Waals surface area contributed by atoms with Crippen LogP contribution in [0.3, 0.4) is 0 Å². The van der Waals surface area contributed by atoms with Crippen molar-refractivity contribution in [2.24, 2.45) is 0 Å². The number of halogens is 2. The van der Waals surface area contributed by atoms with E-state index in [0.29, 0.717) is 0 Å². The monoisotopic (exact) mass is 312 g/mol. The molecule has 0 aromatic heterocycles. The molecule has 0 unspecified atom stereocenters. The summed E-state index contributed by atoms with van der Waals surface area (Å²) < 4.78 is 35.9. The Morgan fingerprint density at radius 2 is 2.05 bits per heavy atom. The minimum absolute atomic E-state index is 0.0157. The van der Waals surface area contributed by atoms with E-state index in [9.17, 15) is 18.4 Å². The van der Waals surface area contributed by atoms with Gasteiger partial charge in [0.1, 0.15) is 0 Å². The van der Waals surface area contributed by atoms with E-state index < -0.39 is 23.6 Å². The minimum atomic E-state index is -1.09. The van der Waals surface area contributed by atoms with Crippen molar-refractivity contribution in [2.75, 3.05) is 32.3 Å². The molecule has 2 rings (SSSR count). The predicted octanol–water partition coefficient (Wildman–Crippen LogP) is 1.57. The molecule has 2 amide bonds. The number of methoxy groups -OCH3 is 2. The van der Waals surface area contributed by atoms with Crippen LogP contribution < -0.4 is 10.2 Å². The molecule has 8 heteroatoms. The second-order valence-electron chi connectivity index (χ2n) is 4.50.